The van der Waals surface area contributed by atoms with E-state index in [9.17, 15) is 0 Å². The van der Waals surface area contributed by atoms with Crippen LogP contribution in [-0.2, 0) is 0 Å². The Kier molecular flexibility index (Phi) is 1.84. The minimum atomic E-state index is 0.694. The number of rotatable bonds is 1. The zero-order valence-corrected chi connectivity index (χ0v) is 6.63. The molecule has 4 heteroatoms. The molecule has 0 aliphatic heterocycles. The highest BCUT2D eigenvalue weighted by molar-refractivity contribution is 6.50. The smallest absolute Gasteiger partial charge is 0.277 e. The number of hydrogen-bond donors (Lipinski definition) is 1. The third kappa shape index (κ3) is 1.19. The van der Waals surface area contributed by atoms with Crippen LogP contribution >= 0.6 is 0 Å². The minimum Gasteiger partial charge on any atom is -0.329 e. The first-order valence-electron chi connectivity index (χ1n) is 2.41. The van der Waals surface area contributed by atoms with E-state index >= 15 is 0 Å². The maximum atomic E-state index is 3.94. The van der Waals surface area contributed by atoms with Crippen LogP contribution in [0.15, 0.2) is 17.4 Å². The van der Waals surface area contributed by atoms with Gasteiger partial charge in [0, 0.05) is 12.4 Å². The molecular weight excluding hydrogens is 117 g/mol. The first-order valence-corrected chi connectivity index (χ1v) is 3.57. The van der Waals surface area contributed by atoms with E-state index in [0.717, 1.165) is 16.3 Å². The lowest BCUT2D eigenvalue weighted by Gasteiger charge is -1.76. The Balaban J connectivity index is 2.77. The van der Waals surface area contributed by atoms with Gasteiger partial charge in [-0.2, -0.15) is 0 Å². The summed E-state index contributed by atoms with van der Waals surface area (Å²) in [5.41, 5.74) is 0. The molecule has 1 N–H and O–H groups in total. The zero-order valence-electron chi connectivity index (χ0n) is 4.63. The Labute approximate surface area is 55.3 Å². The summed E-state index contributed by atoms with van der Waals surface area (Å²) in [6.45, 7) is 0. The topological polar surface area (TPSA) is 41.0 Å². The summed E-state index contributed by atoms with van der Waals surface area (Å²) in [6.07, 6.45) is 3.44. The van der Waals surface area contributed by atoms with Gasteiger partial charge >= 0.3 is 0 Å². The average molecular weight is 123 g/mol. The van der Waals surface area contributed by atoms with E-state index in [-0.39, 0.29) is 0 Å². The summed E-state index contributed by atoms with van der Waals surface area (Å²) in [7, 11) is 0. The van der Waals surface area contributed by atoms with Gasteiger partial charge in [0.1, 0.15) is 0 Å². The van der Waals surface area contributed by atoms with Gasteiger partial charge in [-0.25, -0.2) is 9.98 Å². The lowest BCUT2D eigenvalue weighted by atomic mass is 11.0. The average Bonchev–Trinajstić information content (AvgIpc) is 2.19. The molecule has 40 valence electrons. The van der Waals surface area contributed by atoms with Crippen molar-refractivity contribution in [3.63, 3.8) is 0 Å². The summed E-state index contributed by atoms with van der Waals surface area (Å²) >= 11 is 0.984. The van der Waals surface area contributed by atoms with Crippen molar-refractivity contribution in [1.82, 2.24) is 9.97 Å². The number of nitrogens with one attached hydrogen (secondary N) is 1. The van der Waals surface area contributed by atoms with Crippen LogP contribution in [0.2, 0.25) is 0 Å². The largest absolute Gasteiger partial charge is 0.329 e. The van der Waals surface area contributed by atoms with Crippen LogP contribution < -0.4 is 0 Å². The SMILES string of the molecule is [AlH2][CH]=Nc1ncc[nH]1. The maximum Gasteiger partial charge on any atom is 0.277 e. The first kappa shape index (κ1) is 5.55. The Hall–Kier alpha value is -0.588. The van der Waals surface area contributed by atoms with E-state index in [1.165, 1.54) is 0 Å². The molecule has 0 amide bonds. The number of imidazole rings is 1. The van der Waals surface area contributed by atoms with Crippen molar-refractivity contribution in [1.29, 1.82) is 0 Å². The van der Waals surface area contributed by atoms with E-state index in [4.69, 9.17) is 0 Å². The lowest BCUT2D eigenvalue weighted by Crippen LogP contribution is -1.68. The van der Waals surface area contributed by atoms with E-state index in [0.29, 0.717) is 5.95 Å². The van der Waals surface area contributed by atoms with Gasteiger partial charge in [0.15, 0.2) is 0 Å². The highest BCUT2D eigenvalue weighted by Gasteiger charge is 1.81. The molecule has 8 heavy (non-hydrogen) atoms. The Morgan fingerprint density at radius 3 is 3.25 bits per heavy atom. The number of H-pyrrole nitrogens is 1. The van der Waals surface area contributed by atoms with Gasteiger partial charge in [-0.1, -0.05) is 5.08 Å². The molecule has 0 aliphatic carbocycles. The second-order valence-electron chi connectivity index (χ2n) is 1.30. The highest BCUT2D eigenvalue weighted by atomic mass is 27.0. The normalized spacial score (nSPS) is 10.5. The van der Waals surface area contributed by atoms with Gasteiger partial charge in [-0.05, 0) is 0 Å². The molecule has 0 bridgehead atoms. The summed E-state index contributed by atoms with van der Waals surface area (Å²) in [6, 6.07) is 0. The van der Waals surface area contributed by atoms with Crippen LogP contribution in [0.1, 0.15) is 0 Å². The molecule has 0 unspecified atom stereocenters. The van der Waals surface area contributed by atoms with Crippen molar-refractivity contribution in [3.05, 3.63) is 12.4 Å². The van der Waals surface area contributed by atoms with Crippen molar-refractivity contribution in [2.45, 2.75) is 0 Å². The standard InChI is InChI=1S/C4H4N3.Al.2H/c1-5-4-6-2-3-7-4;;;/h1-3H,(H,6,7);;;. The van der Waals surface area contributed by atoms with Crippen molar-refractivity contribution < 1.29 is 0 Å². The zero-order chi connectivity index (χ0) is 5.82. The van der Waals surface area contributed by atoms with Crippen LogP contribution in [0, 0.1) is 0 Å². The Morgan fingerprint density at radius 2 is 2.75 bits per heavy atom. The summed E-state index contributed by atoms with van der Waals surface area (Å²) in [5.74, 6) is 0.694. The van der Waals surface area contributed by atoms with Crippen molar-refractivity contribution in [2.24, 2.45) is 4.99 Å². The van der Waals surface area contributed by atoms with Crippen molar-refractivity contribution in [3.8, 4) is 0 Å². The lowest BCUT2D eigenvalue weighted by molar-refractivity contribution is 1.25. The van der Waals surface area contributed by atoms with Crippen LogP contribution in [0.3, 0.4) is 0 Å². The van der Waals surface area contributed by atoms with Gasteiger partial charge in [0.2, 0.25) is 5.95 Å². The van der Waals surface area contributed by atoms with E-state index < -0.39 is 0 Å². The second-order valence-corrected chi connectivity index (χ2v) is 1.82. The Morgan fingerprint density at radius 1 is 1.88 bits per heavy atom. The third-order valence-corrected chi connectivity index (χ3v) is 0.993. The fraction of sp³-hybridized carbons (Fsp3) is 0. The summed E-state index contributed by atoms with van der Waals surface area (Å²) < 4.78 is 0. The van der Waals surface area contributed by atoms with Crippen LogP contribution in [0.5, 0.6) is 0 Å². The molecule has 3 nitrogen and oxygen atoms in total. The van der Waals surface area contributed by atoms with E-state index in [1.807, 2.05) is 5.08 Å². The van der Waals surface area contributed by atoms with Gasteiger partial charge in [0.05, 0.1) is 0 Å². The van der Waals surface area contributed by atoms with Crippen molar-refractivity contribution in [2.75, 3.05) is 0 Å². The molecule has 0 saturated carbocycles. The third-order valence-electron chi connectivity index (χ3n) is 0.735. The molecule has 0 aliphatic rings. The minimum absolute atomic E-state index is 0.694. The molecule has 1 rings (SSSR count). The van der Waals surface area contributed by atoms with Crippen LogP contribution in [0.25, 0.3) is 0 Å². The molecule has 0 spiro atoms. The molecule has 0 fully saturated rings. The second kappa shape index (κ2) is 2.65. The quantitative estimate of drug-likeness (QED) is 0.404. The molecule has 1 aromatic rings. The molecule has 1 heterocycles. The summed E-state index contributed by atoms with van der Waals surface area (Å²) in [4.78, 5) is 10.7. The molecule has 0 aromatic carbocycles. The van der Waals surface area contributed by atoms with Gasteiger partial charge < -0.3 is 4.98 Å². The summed E-state index contributed by atoms with van der Waals surface area (Å²) in [5, 5.41) is 1.83. The fourth-order valence-corrected chi connectivity index (χ4v) is 0.694. The molecule has 0 radical (unpaired) electrons. The number of hydrogen-bond acceptors (Lipinski definition) is 2. The maximum absolute atomic E-state index is 3.94. The van der Waals surface area contributed by atoms with E-state index in [2.05, 4.69) is 15.0 Å². The predicted molar refractivity (Wildman–Crippen MR) is 35.3 cm³/mol. The van der Waals surface area contributed by atoms with Crippen molar-refractivity contribution >= 4 is 27.3 Å². The molecule has 0 atom stereocenters. The highest BCUT2D eigenvalue weighted by Crippen LogP contribution is 1.96. The number of nitrogens with zero attached hydrogens (tertiary/aromatic N) is 2. The monoisotopic (exact) mass is 123 g/mol. The molecular formula is C4H6AlN3. The first-order chi connectivity index (χ1) is 3.93. The molecule has 0 saturated heterocycles. The molecule has 1 aromatic heterocycles. The van der Waals surface area contributed by atoms with Gasteiger partial charge in [-0.3, -0.25) is 0 Å². The number of aromatic amines is 1. The number of aromatic nitrogens is 2. The van der Waals surface area contributed by atoms with E-state index in [1.54, 1.807) is 12.4 Å². The number of aliphatic imine (C=N–C) groups is 1. The fourth-order valence-electron chi connectivity index (χ4n) is 0.450. The predicted octanol–water partition coefficient (Wildman–Crippen LogP) is -0.297. The van der Waals surface area contributed by atoms with Crippen LogP contribution in [0.4, 0.5) is 5.95 Å². The Bertz CT molecular complexity index is 167. The van der Waals surface area contributed by atoms with Gasteiger partial charge in [0.25, 0.3) is 16.3 Å². The van der Waals surface area contributed by atoms with Gasteiger partial charge in [-0.15, -0.1) is 0 Å². The van der Waals surface area contributed by atoms with Crippen LogP contribution in [-0.4, -0.2) is 31.3 Å².